The van der Waals surface area contributed by atoms with Crippen molar-refractivity contribution >= 4 is 27.3 Å². The lowest BCUT2D eigenvalue weighted by molar-refractivity contribution is 0.0595. The summed E-state index contributed by atoms with van der Waals surface area (Å²) in [5.74, 6) is 0.352. The van der Waals surface area contributed by atoms with Gasteiger partial charge in [0, 0.05) is 31.8 Å². The lowest BCUT2D eigenvalue weighted by atomic mass is 10.0. The molecular weight excluding hydrogens is 490 g/mol. The molecule has 0 unspecified atom stereocenters. The number of piperidine rings is 1. The Hall–Kier alpha value is -2.08. The van der Waals surface area contributed by atoms with Crippen molar-refractivity contribution in [1.82, 2.24) is 14.1 Å². The normalized spacial score (nSPS) is 20.5. The summed E-state index contributed by atoms with van der Waals surface area (Å²) in [4.78, 5) is 12.8. The van der Waals surface area contributed by atoms with Crippen molar-refractivity contribution in [2.45, 2.75) is 43.0 Å². The predicted octanol–water partition coefficient (Wildman–Crippen LogP) is 3.70. The van der Waals surface area contributed by atoms with Gasteiger partial charge >= 0.3 is 0 Å². The number of rotatable bonds is 7. The molecule has 186 valence electrons. The summed E-state index contributed by atoms with van der Waals surface area (Å²) in [5.41, 5.74) is -0.179. The van der Waals surface area contributed by atoms with Gasteiger partial charge in [0.2, 0.25) is 10.0 Å². The van der Waals surface area contributed by atoms with Crippen molar-refractivity contribution in [3.8, 4) is 0 Å². The maximum Gasteiger partial charge on any atom is 0.287 e. The number of benzene rings is 1. The molecule has 2 aliphatic heterocycles. The van der Waals surface area contributed by atoms with Crippen LogP contribution >= 0.6 is 11.6 Å². The van der Waals surface area contributed by atoms with Crippen molar-refractivity contribution < 1.29 is 21.9 Å². The molecule has 34 heavy (non-hydrogen) atoms. The smallest absolute Gasteiger partial charge is 0.287 e. The molecule has 2 fully saturated rings. The molecule has 12 heteroatoms. The summed E-state index contributed by atoms with van der Waals surface area (Å²) in [6.07, 6.45) is 1.68. The Morgan fingerprint density at radius 1 is 1.18 bits per heavy atom. The number of halogens is 3. The molecular formula is C22H27ClF2N4O4S. The average Bonchev–Trinajstić information content (AvgIpc) is 2.86. The number of hydrogen-bond acceptors (Lipinski definition) is 6. The van der Waals surface area contributed by atoms with Crippen LogP contribution in [0.5, 0.6) is 0 Å². The van der Waals surface area contributed by atoms with Crippen LogP contribution in [-0.2, 0) is 14.8 Å². The molecule has 1 aromatic heterocycles. The SMILES string of the molecule is O=c1c(Cl)c(NC[C@@H]2CCCOC2)cnn1C1CCN(S(=O)(=O)c2ccc(C(F)F)cc2)CC1. The number of aromatic nitrogens is 2. The minimum atomic E-state index is -3.82. The molecule has 1 N–H and O–H groups in total. The number of anilines is 1. The van der Waals surface area contributed by atoms with E-state index in [9.17, 15) is 22.0 Å². The number of sulfonamides is 1. The van der Waals surface area contributed by atoms with Gasteiger partial charge in [-0.05, 0) is 43.7 Å². The molecule has 1 aromatic carbocycles. The van der Waals surface area contributed by atoms with Gasteiger partial charge in [-0.15, -0.1) is 0 Å². The highest BCUT2D eigenvalue weighted by molar-refractivity contribution is 7.89. The molecule has 2 saturated heterocycles. The first-order valence-corrected chi connectivity index (χ1v) is 13.1. The number of nitrogens with one attached hydrogen (secondary N) is 1. The predicted molar refractivity (Wildman–Crippen MR) is 124 cm³/mol. The van der Waals surface area contributed by atoms with Gasteiger partial charge in [-0.2, -0.15) is 9.40 Å². The molecule has 0 bridgehead atoms. The zero-order valence-corrected chi connectivity index (χ0v) is 20.1. The van der Waals surface area contributed by atoms with Gasteiger partial charge in [-0.1, -0.05) is 23.7 Å². The van der Waals surface area contributed by atoms with Crippen LogP contribution in [0.4, 0.5) is 14.5 Å². The Morgan fingerprint density at radius 3 is 2.50 bits per heavy atom. The van der Waals surface area contributed by atoms with E-state index in [-0.39, 0.29) is 34.6 Å². The highest BCUT2D eigenvalue weighted by Crippen LogP contribution is 2.28. The fourth-order valence-corrected chi connectivity index (χ4v) is 5.98. The number of nitrogens with zero attached hydrogens (tertiary/aromatic N) is 3. The summed E-state index contributed by atoms with van der Waals surface area (Å²) in [6.45, 7) is 2.44. The summed E-state index contributed by atoms with van der Waals surface area (Å²) >= 11 is 6.32. The van der Waals surface area contributed by atoms with E-state index >= 15 is 0 Å². The van der Waals surface area contributed by atoms with Crippen molar-refractivity contribution in [1.29, 1.82) is 0 Å². The standard InChI is InChI=1S/C22H27ClF2N4O4S/c23-20-19(26-12-15-2-1-11-33-14-15)13-27-29(22(20)30)17-7-9-28(10-8-17)34(31,32)18-5-3-16(4-6-18)21(24)25/h3-6,13,15,17,21,26H,1-2,7-12,14H2/t15-/m0/s1. The van der Waals surface area contributed by atoms with Crippen molar-refractivity contribution in [2.24, 2.45) is 5.92 Å². The molecule has 0 aliphatic carbocycles. The van der Waals surface area contributed by atoms with Crippen molar-refractivity contribution in [3.05, 3.63) is 51.4 Å². The van der Waals surface area contributed by atoms with Crippen LogP contribution in [0, 0.1) is 5.92 Å². The molecule has 8 nitrogen and oxygen atoms in total. The summed E-state index contributed by atoms with van der Waals surface area (Å²) in [7, 11) is -3.82. The van der Waals surface area contributed by atoms with Gasteiger partial charge in [0.1, 0.15) is 5.02 Å². The van der Waals surface area contributed by atoms with E-state index in [4.69, 9.17) is 16.3 Å². The molecule has 4 rings (SSSR count). The van der Waals surface area contributed by atoms with E-state index < -0.39 is 22.0 Å². The van der Waals surface area contributed by atoms with Gasteiger partial charge in [-0.25, -0.2) is 21.9 Å². The Bertz CT molecular complexity index is 1150. The van der Waals surface area contributed by atoms with E-state index in [1.165, 1.54) is 27.3 Å². The monoisotopic (exact) mass is 516 g/mol. The van der Waals surface area contributed by atoms with Crippen LogP contribution in [0.2, 0.25) is 5.02 Å². The Balaban J connectivity index is 1.39. The highest BCUT2D eigenvalue weighted by Gasteiger charge is 2.31. The zero-order valence-electron chi connectivity index (χ0n) is 18.5. The van der Waals surface area contributed by atoms with Crippen LogP contribution in [0.25, 0.3) is 0 Å². The quantitative estimate of drug-likeness (QED) is 0.603. The fraction of sp³-hybridized carbons (Fsp3) is 0.545. The Kier molecular flexibility index (Phi) is 7.86. The maximum atomic E-state index is 12.9. The molecule has 1 atom stereocenters. The number of ether oxygens (including phenoxy) is 1. The molecule has 2 aromatic rings. The molecule has 0 radical (unpaired) electrons. The van der Waals surface area contributed by atoms with E-state index in [1.54, 1.807) is 0 Å². The Morgan fingerprint density at radius 2 is 1.88 bits per heavy atom. The molecule has 0 saturated carbocycles. The highest BCUT2D eigenvalue weighted by atomic mass is 35.5. The van der Waals surface area contributed by atoms with Gasteiger partial charge in [-0.3, -0.25) is 4.79 Å². The van der Waals surface area contributed by atoms with Gasteiger partial charge in [0.15, 0.2) is 0 Å². The summed E-state index contributed by atoms with van der Waals surface area (Å²) < 4.78 is 59.4. The van der Waals surface area contributed by atoms with Crippen LogP contribution < -0.4 is 10.9 Å². The fourth-order valence-electron chi connectivity index (χ4n) is 4.31. The second-order valence-electron chi connectivity index (χ2n) is 8.59. The second-order valence-corrected chi connectivity index (χ2v) is 10.9. The van der Waals surface area contributed by atoms with E-state index in [2.05, 4.69) is 10.4 Å². The van der Waals surface area contributed by atoms with E-state index in [0.717, 1.165) is 31.6 Å². The van der Waals surface area contributed by atoms with E-state index in [1.807, 2.05) is 0 Å². The molecule has 0 spiro atoms. The third-order valence-corrected chi connectivity index (χ3v) is 8.60. The minimum absolute atomic E-state index is 0.0347. The van der Waals surface area contributed by atoms with Crippen LogP contribution in [0.3, 0.4) is 0 Å². The maximum absolute atomic E-state index is 12.9. The number of alkyl halides is 2. The minimum Gasteiger partial charge on any atom is -0.382 e. The van der Waals surface area contributed by atoms with Crippen molar-refractivity contribution in [2.75, 3.05) is 38.2 Å². The molecule has 0 amide bonds. The van der Waals surface area contributed by atoms with Crippen LogP contribution in [0.15, 0.2) is 40.2 Å². The lowest BCUT2D eigenvalue weighted by Crippen LogP contribution is -2.41. The first-order chi connectivity index (χ1) is 16.3. The third-order valence-electron chi connectivity index (χ3n) is 6.32. The second kappa shape index (κ2) is 10.7. The van der Waals surface area contributed by atoms with Gasteiger partial charge in [0.25, 0.3) is 12.0 Å². The van der Waals surface area contributed by atoms with Crippen LogP contribution in [0.1, 0.15) is 43.7 Å². The first-order valence-electron chi connectivity index (χ1n) is 11.2. The topological polar surface area (TPSA) is 93.5 Å². The lowest BCUT2D eigenvalue weighted by Gasteiger charge is -2.31. The number of hydrogen-bond donors (Lipinski definition) is 1. The first kappa shape index (κ1) is 25.0. The largest absolute Gasteiger partial charge is 0.382 e. The third kappa shape index (κ3) is 5.42. The van der Waals surface area contributed by atoms with Gasteiger partial charge in [0.05, 0.1) is 29.4 Å². The zero-order chi connectivity index (χ0) is 24.3. The average molecular weight is 517 g/mol. The van der Waals surface area contributed by atoms with Gasteiger partial charge < -0.3 is 10.1 Å². The van der Waals surface area contributed by atoms with Crippen LogP contribution in [-0.4, -0.2) is 55.4 Å². The summed E-state index contributed by atoms with van der Waals surface area (Å²) in [5, 5.41) is 7.53. The van der Waals surface area contributed by atoms with E-state index in [0.29, 0.717) is 37.6 Å². The molecule has 3 heterocycles. The summed E-state index contributed by atoms with van der Waals surface area (Å²) in [6, 6.07) is 4.33. The van der Waals surface area contributed by atoms with Crippen molar-refractivity contribution in [3.63, 3.8) is 0 Å². The molecule has 2 aliphatic rings. The Labute approximate surface area is 201 Å².